The van der Waals surface area contributed by atoms with Crippen LogP contribution >= 0.6 is 0 Å². The number of nitrogens with two attached hydrogens (primary N) is 1. The van der Waals surface area contributed by atoms with Gasteiger partial charge < -0.3 is 15.6 Å². The fraction of sp³-hybridized carbons (Fsp3) is 0.500. The third-order valence-electron chi connectivity index (χ3n) is 2.69. The number of hydrogen-bond donors (Lipinski definition) is 2. The molecule has 0 fully saturated rings. The lowest BCUT2D eigenvalue weighted by Crippen LogP contribution is -2.10. The Morgan fingerprint density at radius 2 is 1.95 bits per heavy atom. The second kappa shape index (κ2) is 5.64. The van der Waals surface area contributed by atoms with E-state index in [4.69, 9.17) is 10.3 Å². The Kier molecular flexibility index (Phi) is 3.94. The highest BCUT2D eigenvalue weighted by Crippen LogP contribution is 2.18. The van der Waals surface area contributed by atoms with Gasteiger partial charge >= 0.3 is 0 Å². The Morgan fingerprint density at radius 1 is 1.16 bits per heavy atom. The van der Waals surface area contributed by atoms with Gasteiger partial charge in [0.25, 0.3) is 0 Å². The fourth-order valence-electron chi connectivity index (χ4n) is 1.67. The molecule has 0 aliphatic carbocycles. The molecule has 2 heterocycles. The smallest absolute Gasteiger partial charge is 0.223 e. The first-order chi connectivity index (χ1) is 9.10. The van der Waals surface area contributed by atoms with E-state index in [2.05, 4.69) is 32.3 Å². The minimum atomic E-state index is 0.445. The summed E-state index contributed by atoms with van der Waals surface area (Å²) >= 11 is 0. The molecule has 0 aliphatic rings. The molecule has 0 saturated carbocycles. The first-order valence-corrected chi connectivity index (χ1v) is 6.26. The molecule has 2 aromatic heterocycles. The van der Waals surface area contributed by atoms with Crippen molar-refractivity contribution in [2.75, 3.05) is 11.1 Å². The van der Waals surface area contributed by atoms with Gasteiger partial charge in [-0.2, -0.15) is 4.98 Å². The van der Waals surface area contributed by atoms with Gasteiger partial charge in [-0.15, -0.1) is 0 Å². The summed E-state index contributed by atoms with van der Waals surface area (Å²) in [6, 6.07) is 0. The molecule has 2 rings (SSSR count). The molecule has 0 bridgehead atoms. The van der Waals surface area contributed by atoms with Gasteiger partial charge in [-0.25, -0.2) is 9.97 Å². The maximum absolute atomic E-state index is 5.88. The molecule has 0 aliphatic heterocycles. The van der Waals surface area contributed by atoms with Crippen LogP contribution in [0.4, 0.5) is 11.6 Å². The molecule has 0 radical (unpaired) electrons. The van der Waals surface area contributed by atoms with E-state index in [-0.39, 0.29) is 0 Å². The van der Waals surface area contributed by atoms with Crippen LogP contribution in [0.25, 0.3) is 0 Å². The summed E-state index contributed by atoms with van der Waals surface area (Å²) in [4.78, 5) is 12.8. The number of rotatable bonds is 5. The third kappa shape index (κ3) is 3.18. The average Bonchev–Trinajstić information content (AvgIpc) is 2.78. The fourth-order valence-corrected chi connectivity index (χ4v) is 1.67. The Balaban J connectivity index is 2.14. The number of nitrogen functional groups attached to an aromatic ring is 1. The van der Waals surface area contributed by atoms with Crippen molar-refractivity contribution in [2.45, 2.75) is 40.2 Å². The highest BCUT2D eigenvalue weighted by atomic mass is 16.5. The van der Waals surface area contributed by atoms with Crippen LogP contribution in [0.5, 0.6) is 0 Å². The number of aryl methyl sites for hydroxylation is 2. The molecule has 7 heteroatoms. The van der Waals surface area contributed by atoms with Crippen LogP contribution in [0.3, 0.4) is 0 Å². The molecule has 0 spiro atoms. The molecule has 0 atom stereocenters. The van der Waals surface area contributed by atoms with E-state index in [0.29, 0.717) is 24.1 Å². The van der Waals surface area contributed by atoms with Gasteiger partial charge in [0.2, 0.25) is 5.89 Å². The zero-order valence-corrected chi connectivity index (χ0v) is 11.4. The van der Waals surface area contributed by atoms with Crippen LogP contribution in [-0.2, 0) is 13.0 Å². The quantitative estimate of drug-likeness (QED) is 0.843. The van der Waals surface area contributed by atoms with Crippen molar-refractivity contribution in [3.63, 3.8) is 0 Å². The van der Waals surface area contributed by atoms with Gasteiger partial charge in [-0.1, -0.05) is 12.1 Å². The van der Waals surface area contributed by atoms with Crippen molar-refractivity contribution < 1.29 is 4.52 Å². The molecule has 0 aromatic carbocycles. The first kappa shape index (κ1) is 13.3. The summed E-state index contributed by atoms with van der Waals surface area (Å²) in [5, 5.41) is 6.98. The number of anilines is 2. The van der Waals surface area contributed by atoms with Crippen molar-refractivity contribution in [1.82, 2.24) is 20.1 Å². The lowest BCUT2D eigenvalue weighted by molar-refractivity contribution is 0.388. The highest BCUT2D eigenvalue weighted by Gasteiger charge is 2.09. The predicted molar refractivity (Wildman–Crippen MR) is 71.5 cm³/mol. The largest absolute Gasteiger partial charge is 0.383 e. The minimum Gasteiger partial charge on any atom is -0.383 e. The van der Waals surface area contributed by atoms with Crippen LogP contribution in [0, 0.1) is 13.8 Å². The summed E-state index contributed by atoms with van der Waals surface area (Å²) in [7, 11) is 0. The SMILES string of the molecule is CCCc1nc(N)c(C)c(NCc2noc(C)n2)n1. The lowest BCUT2D eigenvalue weighted by atomic mass is 10.2. The van der Waals surface area contributed by atoms with Crippen LogP contribution < -0.4 is 11.1 Å². The number of nitrogens with one attached hydrogen (secondary N) is 1. The van der Waals surface area contributed by atoms with Crippen molar-refractivity contribution in [1.29, 1.82) is 0 Å². The van der Waals surface area contributed by atoms with Gasteiger partial charge in [0.1, 0.15) is 17.5 Å². The second-order valence-electron chi connectivity index (χ2n) is 4.33. The second-order valence-corrected chi connectivity index (χ2v) is 4.33. The summed E-state index contributed by atoms with van der Waals surface area (Å²) in [6.07, 6.45) is 1.78. The van der Waals surface area contributed by atoms with Crippen molar-refractivity contribution in [2.24, 2.45) is 0 Å². The number of aromatic nitrogens is 4. The van der Waals surface area contributed by atoms with Gasteiger partial charge in [-0.3, -0.25) is 0 Å². The van der Waals surface area contributed by atoms with E-state index in [1.165, 1.54) is 0 Å². The average molecular weight is 262 g/mol. The normalized spacial score (nSPS) is 10.7. The van der Waals surface area contributed by atoms with Gasteiger partial charge in [-0.05, 0) is 13.3 Å². The topological polar surface area (TPSA) is 103 Å². The monoisotopic (exact) mass is 262 g/mol. The summed E-state index contributed by atoms with van der Waals surface area (Å²) in [5.41, 5.74) is 6.72. The molecule has 19 heavy (non-hydrogen) atoms. The van der Waals surface area contributed by atoms with E-state index in [1.54, 1.807) is 6.92 Å². The maximum Gasteiger partial charge on any atom is 0.223 e. The molecule has 0 saturated heterocycles. The standard InChI is InChI=1S/C12H18N6O/c1-4-5-9-16-11(13)7(2)12(17-9)14-6-10-15-8(3)19-18-10/h4-6H2,1-3H3,(H3,13,14,16,17). The third-order valence-corrected chi connectivity index (χ3v) is 2.69. The van der Waals surface area contributed by atoms with Gasteiger partial charge in [0.15, 0.2) is 5.82 Å². The Labute approximate surface area is 111 Å². The van der Waals surface area contributed by atoms with Crippen molar-refractivity contribution in [3.8, 4) is 0 Å². The van der Waals surface area contributed by atoms with E-state index < -0.39 is 0 Å². The van der Waals surface area contributed by atoms with Gasteiger partial charge in [0.05, 0.1) is 6.54 Å². The van der Waals surface area contributed by atoms with E-state index in [9.17, 15) is 0 Å². The zero-order chi connectivity index (χ0) is 13.8. The zero-order valence-electron chi connectivity index (χ0n) is 11.4. The van der Waals surface area contributed by atoms with Crippen LogP contribution in [0.1, 0.15) is 36.4 Å². The number of nitrogens with zero attached hydrogens (tertiary/aromatic N) is 4. The summed E-state index contributed by atoms with van der Waals surface area (Å²) < 4.78 is 4.91. The molecule has 3 N–H and O–H groups in total. The van der Waals surface area contributed by atoms with Crippen LogP contribution in [0.2, 0.25) is 0 Å². The van der Waals surface area contributed by atoms with E-state index >= 15 is 0 Å². The summed E-state index contributed by atoms with van der Waals surface area (Å²) in [5.74, 6) is 3.11. The molecular weight excluding hydrogens is 244 g/mol. The minimum absolute atomic E-state index is 0.445. The Hall–Kier alpha value is -2.18. The summed E-state index contributed by atoms with van der Waals surface area (Å²) in [6.45, 7) is 6.16. The molecule has 2 aromatic rings. The highest BCUT2D eigenvalue weighted by molar-refractivity contribution is 5.54. The van der Waals surface area contributed by atoms with Crippen molar-refractivity contribution in [3.05, 3.63) is 23.1 Å². The van der Waals surface area contributed by atoms with Crippen molar-refractivity contribution >= 4 is 11.6 Å². The predicted octanol–water partition coefficient (Wildman–Crippen LogP) is 1.62. The molecule has 7 nitrogen and oxygen atoms in total. The Morgan fingerprint density at radius 3 is 2.58 bits per heavy atom. The molecule has 102 valence electrons. The maximum atomic E-state index is 5.88. The van der Waals surface area contributed by atoms with E-state index in [0.717, 1.165) is 30.0 Å². The lowest BCUT2D eigenvalue weighted by Gasteiger charge is -2.10. The first-order valence-electron chi connectivity index (χ1n) is 6.26. The Bertz CT molecular complexity index is 565. The molecular formula is C12H18N6O. The number of hydrogen-bond acceptors (Lipinski definition) is 7. The molecule has 0 amide bonds. The van der Waals surface area contributed by atoms with E-state index in [1.807, 2.05) is 6.92 Å². The van der Waals surface area contributed by atoms with Crippen LogP contribution in [-0.4, -0.2) is 20.1 Å². The van der Waals surface area contributed by atoms with Gasteiger partial charge in [0, 0.05) is 18.9 Å². The molecule has 0 unspecified atom stereocenters. The van der Waals surface area contributed by atoms with Crippen LogP contribution in [0.15, 0.2) is 4.52 Å².